The number of fused-ring (bicyclic) bond motifs is 1. The summed E-state index contributed by atoms with van der Waals surface area (Å²) in [6.45, 7) is 3.48. The van der Waals surface area contributed by atoms with Crippen molar-refractivity contribution in [2.24, 2.45) is 4.99 Å². The second-order valence-corrected chi connectivity index (χ2v) is 7.27. The Kier molecular flexibility index (Phi) is 5.16. The molecular weight excluding hydrogens is 372 g/mol. The second kappa shape index (κ2) is 7.90. The lowest BCUT2D eigenvalue weighted by Gasteiger charge is -2.19. The average Bonchev–Trinajstić information content (AvgIpc) is 3.40. The molecule has 0 unspecified atom stereocenters. The predicted octanol–water partition coefficient (Wildman–Crippen LogP) is 3.81. The third-order valence-corrected chi connectivity index (χ3v) is 5.29. The van der Waals surface area contributed by atoms with Crippen LogP contribution in [-0.4, -0.2) is 40.6 Å². The largest absolute Gasteiger partial charge is 0.478 e. The Morgan fingerprint density at radius 1 is 1.29 bits per heavy atom. The van der Waals surface area contributed by atoms with Crippen molar-refractivity contribution in [1.82, 2.24) is 14.9 Å². The number of amides is 1. The van der Waals surface area contributed by atoms with E-state index in [-0.39, 0.29) is 5.91 Å². The van der Waals surface area contributed by atoms with E-state index in [1.165, 1.54) is 0 Å². The first-order chi connectivity index (χ1) is 13.7. The molecule has 0 fully saturated rings. The minimum Gasteiger partial charge on any atom is -0.478 e. The molecule has 3 aromatic heterocycles. The zero-order chi connectivity index (χ0) is 19.5. The van der Waals surface area contributed by atoms with Crippen molar-refractivity contribution in [2.75, 3.05) is 13.7 Å². The molecule has 4 heterocycles. The summed E-state index contributed by atoms with van der Waals surface area (Å²) in [7, 11) is 1.77. The lowest BCUT2D eigenvalue weighted by molar-refractivity contribution is 0.0777. The Labute approximate surface area is 167 Å². The van der Waals surface area contributed by atoms with Crippen LogP contribution in [0.25, 0.3) is 11.1 Å². The highest BCUT2D eigenvalue weighted by Gasteiger charge is 2.20. The minimum absolute atomic E-state index is 0.158. The zero-order valence-corrected chi connectivity index (χ0v) is 16.6. The highest BCUT2D eigenvalue weighted by Crippen LogP contribution is 2.30. The maximum atomic E-state index is 13.0. The van der Waals surface area contributed by atoms with Crippen molar-refractivity contribution in [3.05, 3.63) is 63.7 Å². The number of nitrogens with zero attached hydrogens (tertiary/aromatic N) is 4. The van der Waals surface area contributed by atoms with Crippen LogP contribution >= 0.6 is 11.3 Å². The monoisotopic (exact) mass is 392 g/mol. The number of aliphatic imine (C=N–C) groups is 1. The number of ether oxygens (including phenoxy) is 1. The van der Waals surface area contributed by atoms with E-state index < -0.39 is 0 Å². The number of hydrogen-bond donors (Lipinski definition) is 0. The van der Waals surface area contributed by atoms with E-state index in [0.717, 1.165) is 27.8 Å². The van der Waals surface area contributed by atoms with E-state index in [0.29, 0.717) is 31.3 Å². The van der Waals surface area contributed by atoms with Crippen molar-refractivity contribution in [1.29, 1.82) is 0 Å². The standard InChI is InChI=1S/C21H20N4O2S/c1-3-27-20-17(14-6-7-28-13-14)4-5-19(24-20)21(26)25(2)12-16-10-22-8-15-9-23-11-18(15)16/h4-10,13H,3,11-12H2,1-2H3. The van der Waals surface area contributed by atoms with Gasteiger partial charge in [0.1, 0.15) is 5.69 Å². The number of pyridine rings is 2. The van der Waals surface area contributed by atoms with Gasteiger partial charge in [-0.1, -0.05) is 0 Å². The lowest BCUT2D eigenvalue weighted by atomic mass is 10.1. The third kappa shape index (κ3) is 3.53. The Bertz CT molecular complexity index is 1030. The van der Waals surface area contributed by atoms with E-state index in [1.54, 1.807) is 41.7 Å². The fraction of sp³-hybridized carbons (Fsp3) is 0.238. The summed E-state index contributed by atoms with van der Waals surface area (Å²) in [6, 6.07) is 5.67. The lowest BCUT2D eigenvalue weighted by Crippen LogP contribution is -2.27. The fourth-order valence-electron chi connectivity index (χ4n) is 3.19. The van der Waals surface area contributed by atoms with Gasteiger partial charge in [-0.15, -0.1) is 0 Å². The Morgan fingerprint density at radius 2 is 2.18 bits per heavy atom. The molecule has 1 amide bonds. The minimum atomic E-state index is -0.158. The van der Waals surface area contributed by atoms with E-state index in [1.807, 2.05) is 36.0 Å². The number of carbonyl (C=O) groups excluding carboxylic acids is 1. The van der Waals surface area contributed by atoms with Crippen molar-refractivity contribution >= 4 is 23.5 Å². The van der Waals surface area contributed by atoms with Gasteiger partial charge in [0.05, 0.1) is 13.2 Å². The van der Waals surface area contributed by atoms with Crippen LogP contribution in [0.15, 0.2) is 46.3 Å². The summed E-state index contributed by atoms with van der Waals surface area (Å²) in [5, 5.41) is 4.05. The summed E-state index contributed by atoms with van der Waals surface area (Å²) in [5.41, 5.74) is 5.46. The average molecular weight is 392 g/mol. The van der Waals surface area contributed by atoms with Crippen LogP contribution in [0.2, 0.25) is 0 Å². The molecule has 4 rings (SSSR count). The summed E-state index contributed by atoms with van der Waals surface area (Å²) in [5.74, 6) is 0.324. The first kappa shape index (κ1) is 18.3. The number of rotatable bonds is 6. The molecule has 3 aromatic rings. The van der Waals surface area contributed by atoms with Crippen LogP contribution in [0.5, 0.6) is 5.88 Å². The third-order valence-electron chi connectivity index (χ3n) is 4.61. The molecule has 0 radical (unpaired) electrons. The smallest absolute Gasteiger partial charge is 0.272 e. The Balaban J connectivity index is 1.57. The molecule has 142 valence electrons. The first-order valence-corrected chi connectivity index (χ1v) is 9.99. The van der Waals surface area contributed by atoms with Gasteiger partial charge in [-0.25, -0.2) is 4.98 Å². The summed E-state index contributed by atoms with van der Waals surface area (Å²) >= 11 is 1.61. The van der Waals surface area contributed by atoms with Gasteiger partial charge >= 0.3 is 0 Å². The number of carbonyl (C=O) groups is 1. The highest BCUT2D eigenvalue weighted by molar-refractivity contribution is 7.08. The molecule has 0 bridgehead atoms. The van der Waals surface area contributed by atoms with Crippen LogP contribution in [-0.2, 0) is 13.1 Å². The topological polar surface area (TPSA) is 67.7 Å². The molecule has 0 N–H and O–H groups in total. The molecule has 28 heavy (non-hydrogen) atoms. The summed E-state index contributed by atoms with van der Waals surface area (Å²) < 4.78 is 5.71. The quantitative estimate of drug-likeness (QED) is 0.640. The van der Waals surface area contributed by atoms with Gasteiger partial charge in [-0.05, 0) is 52.6 Å². The molecule has 0 saturated carbocycles. The molecular formula is C21H20N4O2S. The molecule has 0 saturated heterocycles. The number of aromatic nitrogens is 2. The van der Waals surface area contributed by atoms with Crippen LogP contribution in [0, 0.1) is 0 Å². The molecule has 0 aromatic carbocycles. The molecule has 6 nitrogen and oxygen atoms in total. The normalized spacial score (nSPS) is 12.1. The predicted molar refractivity (Wildman–Crippen MR) is 110 cm³/mol. The zero-order valence-electron chi connectivity index (χ0n) is 15.8. The van der Waals surface area contributed by atoms with E-state index >= 15 is 0 Å². The van der Waals surface area contributed by atoms with Crippen LogP contribution in [0.3, 0.4) is 0 Å². The highest BCUT2D eigenvalue weighted by atomic mass is 32.1. The Morgan fingerprint density at radius 3 is 2.96 bits per heavy atom. The summed E-state index contributed by atoms with van der Waals surface area (Å²) in [6.07, 6.45) is 5.43. The van der Waals surface area contributed by atoms with E-state index in [9.17, 15) is 4.79 Å². The summed E-state index contributed by atoms with van der Waals surface area (Å²) in [4.78, 5) is 27.7. The molecule has 0 spiro atoms. The van der Waals surface area contributed by atoms with Gasteiger partial charge in [-0.2, -0.15) is 11.3 Å². The van der Waals surface area contributed by atoms with Gasteiger partial charge in [0.2, 0.25) is 5.88 Å². The first-order valence-electron chi connectivity index (χ1n) is 9.05. The van der Waals surface area contributed by atoms with Gasteiger partial charge in [0.25, 0.3) is 5.91 Å². The maximum absolute atomic E-state index is 13.0. The number of hydrogen-bond acceptors (Lipinski definition) is 6. The van der Waals surface area contributed by atoms with Crippen LogP contribution in [0.1, 0.15) is 34.1 Å². The van der Waals surface area contributed by atoms with Crippen LogP contribution in [0.4, 0.5) is 0 Å². The van der Waals surface area contributed by atoms with Crippen molar-refractivity contribution < 1.29 is 9.53 Å². The van der Waals surface area contributed by atoms with Crippen molar-refractivity contribution in [3.63, 3.8) is 0 Å². The van der Waals surface area contributed by atoms with Crippen molar-refractivity contribution in [2.45, 2.75) is 20.0 Å². The molecule has 1 aliphatic rings. The van der Waals surface area contributed by atoms with Crippen molar-refractivity contribution in [3.8, 4) is 17.0 Å². The molecule has 7 heteroatoms. The van der Waals surface area contributed by atoms with Gasteiger partial charge in [-0.3, -0.25) is 14.8 Å². The van der Waals surface area contributed by atoms with E-state index in [4.69, 9.17) is 4.74 Å². The SMILES string of the molecule is CCOc1nc(C(=O)N(C)Cc2cncc3c2CN=C3)ccc1-c1ccsc1. The van der Waals surface area contributed by atoms with Crippen LogP contribution < -0.4 is 4.74 Å². The Hall–Kier alpha value is -3.06. The second-order valence-electron chi connectivity index (χ2n) is 6.49. The molecule has 0 aliphatic carbocycles. The van der Waals surface area contributed by atoms with Gasteiger partial charge in [0, 0.05) is 43.3 Å². The van der Waals surface area contributed by atoms with E-state index in [2.05, 4.69) is 15.0 Å². The fourth-order valence-corrected chi connectivity index (χ4v) is 3.85. The van der Waals surface area contributed by atoms with Gasteiger partial charge in [0.15, 0.2) is 0 Å². The van der Waals surface area contributed by atoms with Gasteiger partial charge < -0.3 is 9.64 Å². The molecule has 0 atom stereocenters. The molecule has 1 aliphatic heterocycles. The number of thiophene rings is 1. The maximum Gasteiger partial charge on any atom is 0.272 e.